The number of hydrogen-bond acceptors (Lipinski definition) is 3. The fourth-order valence-electron chi connectivity index (χ4n) is 1.51. The van der Waals surface area contributed by atoms with Crippen molar-refractivity contribution < 1.29 is 14.3 Å². The Labute approximate surface area is 114 Å². The first kappa shape index (κ1) is 14.8. The summed E-state index contributed by atoms with van der Waals surface area (Å²) >= 11 is 3.25. The molecular weight excluding hydrogens is 300 g/mol. The van der Waals surface area contributed by atoms with Gasteiger partial charge in [-0.15, -0.1) is 0 Å². The maximum absolute atomic E-state index is 11.9. The van der Waals surface area contributed by atoms with Crippen LogP contribution in [-0.4, -0.2) is 30.0 Å². The molecule has 0 aromatic carbocycles. The van der Waals surface area contributed by atoms with E-state index in [0.717, 1.165) is 10.9 Å². The lowest BCUT2D eigenvalue weighted by atomic mass is 9.99. The third kappa shape index (κ3) is 3.60. The molecule has 18 heavy (non-hydrogen) atoms. The largest absolute Gasteiger partial charge is 0.467 e. The first-order chi connectivity index (χ1) is 8.49. The highest BCUT2D eigenvalue weighted by Gasteiger charge is 2.27. The molecule has 0 radical (unpaired) electrons. The molecule has 1 heterocycles. The molecule has 6 heteroatoms. The number of esters is 1. The molecule has 0 saturated heterocycles. The number of H-pyrrole nitrogens is 1. The number of hydrogen-bond donors (Lipinski definition) is 2. The summed E-state index contributed by atoms with van der Waals surface area (Å²) in [5.74, 6) is -0.737. The van der Waals surface area contributed by atoms with E-state index in [9.17, 15) is 9.59 Å². The molecule has 100 valence electrons. The summed E-state index contributed by atoms with van der Waals surface area (Å²) < 4.78 is 5.49. The number of halogens is 1. The molecule has 0 bridgehead atoms. The Morgan fingerprint density at radius 3 is 2.67 bits per heavy atom. The minimum Gasteiger partial charge on any atom is -0.467 e. The molecule has 0 saturated carbocycles. The third-order valence-electron chi connectivity index (χ3n) is 2.85. The number of aromatic nitrogens is 1. The smallest absolute Gasteiger partial charge is 0.328 e. The molecule has 2 N–H and O–H groups in total. The van der Waals surface area contributed by atoms with Crippen molar-refractivity contribution in [2.24, 2.45) is 5.92 Å². The van der Waals surface area contributed by atoms with Crippen LogP contribution in [0.4, 0.5) is 0 Å². The van der Waals surface area contributed by atoms with Crippen LogP contribution < -0.4 is 5.32 Å². The van der Waals surface area contributed by atoms with Crippen molar-refractivity contribution >= 4 is 27.8 Å². The van der Waals surface area contributed by atoms with Gasteiger partial charge in [0.1, 0.15) is 11.7 Å². The van der Waals surface area contributed by atoms with E-state index in [4.69, 9.17) is 4.74 Å². The minimum absolute atomic E-state index is 0.0137. The van der Waals surface area contributed by atoms with Crippen LogP contribution in [0.5, 0.6) is 0 Å². The lowest BCUT2D eigenvalue weighted by molar-refractivity contribution is -0.144. The van der Waals surface area contributed by atoms with Gasteiger partial charge in [-0.3, -0.25) is 4.79 Å². The van der Waals surface area contributed by atoms with Crippen molar-refractivity contribution in [3.63, 3.8) is 0 Å². The molecule has 2 unspecified atom stereocenters. The lowest BCUT2D eigenvalue weighted by Crippen LogP contribution is -2.45. The molecule has 1 rings (SSSR count). The van der Waals surface area contributed by atoms with Crippen LogP contribution in [0.25, 0.3) is 0 Å². The first-order valence-corrected chi connectivity index (χ1v) is 6.51. The van der Waals surface area contributed by atoms with Gasteiger partial charge in [0, 0.05) is 10.7 Å². The fourth-order valence-corrected chi connectivity index (χ4v) is 1.86. The summed E-state index contributed by atoms with van der Waals surface area (Å²) in [6.07, 6.45) is 2.43. The van der Waals surface area contributed by atoms with Crippen molar-refractivity contribution in [1.82, 2.24) is 10.3 Å². The van der Waals surface area contributed by atoms with Gasteiger partial charge in [0.05, 0.1) is 7.11 Å². The molecule has 5 nitrogen and oxygen atoms in total. The monoisotopic (exact) mass is 316 g/mol. The van der Waals surface area contributed by atoms with Crippen molar-refractivity contribution in [2.75, 3.05) is 7.11 Å². The first-order valence-electron chi connectivity index (χ1n) is 5.72. The zero-order valence-electron chi connectivity index (χ0n) is 10.6. The standard InChI is InChI=1S/C12H17BrN2O3/c1-4-7(2)10(12(17)18-3)15-11(16)9-5-8(13)6-14-9/h5-7,10,14H,4H2,1-3H3,(H,15,16). The van der Waals surface area contributed by atoms with Gasteiger partial charge in [0.15, 0.2) is 0 Å². The predicted octanol–water partition coefficient (Wildman–Crippen LogP) is 2.09. The average Bonchev–Trinajstić information content (AvgIpc) is 2.80. The zero-order valence-corrected chi connectivity index (χ0v) is 12.2. The molecular formula is C12H17BrN2O3. The number of methoxy groups -OCH3 is 1. The highest BCUT2D eigenvalue weighted by atomic mass is 79.9. The molecule has 0 aliphatic heterocycles. The number of amides is 1. The predicted molar refractivity (Wildman–Crippen MR) is 71.2 cm³/mol. The van der Waals surface area contributed by atoms with E-state index in [1.165, 1.54) is 7.11 Å². The van der Waals surface area contributed by atoms with E-state index in [0.29, 0.717) is 5.69 Å². The summed E-state index contributed by atoms with van der Waals surface area (Å²) in [7, 11) is 1.31. The summed E-state index contributed by atoms with van der Waals surface area (Å²) in [5.41, 5.74) is 0.402. The Morgan fingerprint density at radius 1 is 1.56 bits per heavy atom. The average molecular weight is 317 g/mol. The third-order valence-corrected chi connectivity index (χ3v) is 3.30. The normalized spacial score (nSPS) is 13.8. The fraction of sp³-hybridized carbons (Fsp3) is 0.500. The minimum atomic E-state index is -0.630. The van der Waals surface area contributed by atoms with Crippen LogP contribution in [0, 0.1) is 5.92 Å². The lowest BCUT2D eigenvalue weighted by Gasteiger charge is -2.21. The van der Waals surface area contributed by atoms with Gasteiger partial charge in [-0.05, 0) is 27.9 Å². The van der Waals surface area contributed by atoms with Crippen LogP contribution in [-0.2, 0) is 9.53 Å². The summed E-state index contributed by atoms with van der Waals surface area (Å²) in [6, 6.07) is 1.02. The Bertz CT molecular complexity index is 431. The Balaban J connectivity index is 2.77. The quantitative estimate of drug-likeness (QED) is 0.817. The SMILES string of the molecule is CCC(C)C(NC(=O)c1cc(Br)c[nH]1)C(=O)OC. The summed E-state index contributed by atoms with van der Waals surface area (Å²) in [6.45, 7) is 3.85. The molecule has 0 spiro atoms. The number of rotatable bonds is 5. The Morgan fingerprint density at radius 2 is 2.22 bits per heavy atom. The van der Waals surface area contributed by atoms with Crippen molar-refractivity contribution in [3.05, 3.63) is 22.4 Å². The summed E-state index contributed by atoms with van der Waals surface area (Å²) in [4.78, 5) is 26.4. The van der Waals surface area contributed by atoms with Gasteiger partial charge >= 0.3 is 5.97 Å². The maximum atomic E-state index is 11.9. The topological polar surface area (TPSA) is 71.2 Å². The number of carbonyl (C=O) groups excluding carboxylic acids is 2. The Kier molecular flexibility index (Phi) is 5.40. The van der Waals surface area contributed by atoms with Gasteiger partial charge < -0.3 is 15.0 Å². The molecule has 0 aliphatic rings. The summed E-state index contributed by atoms with van der Waals surface area (Å²) in [5, 5.41) is 2.68. The van der Waals surface area contributed by atoms with Crippen LogP contribution in [0.1, 0.15) is 30.8 Å². The Hall–Kier alpha value is -1.30. The van der Waals surface area contributed by atoms with Crippen molar-refractivity contribution in [1.29, 1.82) is 0 Å². The van der Waals surface area contributed by atoms with E-state index in [1.807, 2.05) is 13.8 Å². The van der Waals surface area contributed by atoms with Crippen LogP contribution in [0.3, 0.4) is 0 Å². The van der Waals surface area contributed by atoms with E-state index in [1.54, 1.807) is 12.3 Å². The highest BCUT2D eigenvalue weighted by molar-refractivity contribution is 9.10. The molecule has 1 amide bonds. The van der Waals surface area contributed by atoms with Crippen LogP contribution >= 0.6 is 15.9 Å². The van der Waals surface area contributed by atoms with Gasteiger partial charge in [0.25, 0.3) is 5.91 Å². The number of aromatic amines is 1. The van der Waals surface area contributed by atoms with E-state index in [2.05, 4.69) is 26.2 Å². The number of ether oxygens (including phenoxy) is 1. The van der Waals surface area contributed by atoms with Gasteiger partial charge in [-0.25, -0.2) is 4.79 Å². The molecule has 2 atom stereocenters. The molecule has 0 aliphatic carbocycles. The maximum Gasteiger partial charge on any atom is 0.328 e. The zero-order chi connectivity index (χ0) is 13.7. The van der Waals surface area contributed by atoms with Gasteiger partial charge in [0.2, 0.25) is 0 Å². The van der Waals surface area contributed by atoms with Crippen molar-refractivity contribution in [2.45, 2.75) is 26.3 Å². The second-order valence-electron chi connectivity index (χ2n) is 4.09. The van der Waals surface area contributed by atoms with Crippen molar-refractivity contribution in [3.8, 4) is 0 Å². The molecule has 1 aromatic heterocycles. The van der Waals surface area contributed by atoms with Crippen LogP contribution in [0.2, 0.25) is 0 Å². The number of nitrogens with one attached hydrogen (secondary N) is 2. The molecule has 0 fully saturated rings. The van der Waals surface area contributed by atoms with E-state index in [-0.39, 0.29) is 11.8 Å². The van der Waals surface area contributed by atoms with Gasteiger partial charge in [-0.1, -0.05) is 20.3 Å². The second kappa shape index (κ2) is 6.58. The van der Waals surface area contributed by atoms with E-state index < -0.39 is 12.0 Å². The van der Waals surface area contributed by atoms with Gasteiger partial charge in [-0.2, -0.15) is 0 Å². The van der Waals surface area contributed by atoms with E-state index >= 15 is 0 Å². The second-order valence-corrected chi connectivity index (χ2v) is 5.01. The van der Waals surface area contributed by atoms with Crippen LogP contribution in [0.15, 0.2) is 16.7 Å². The highest BCUT2D eigenvalue weighted by Crippen LogP contribution is 2.13. The molecule has 1 aromatic rings. The number of carbonyl (C=O) groups is 2.